The van der Waals surface area contributed by atoms with Crippen LogP contribution in [0, 0.1) is 5.41 Å². The van der Waals surface area contributed by atoms with Crippen LogP contribution in [0.1, 0.15) is 12.8 Å². The van der Waals surface area contributed by atoms with Crippen LogP contribution in [0.3, 0.4) is 0 Å². The van der Waals surface area contributed by atoms with E-state index in [4.69, 9.17) is 24.5 Å². The summed E-state index contributed by atoms with van der Waals surface area (Å²) >= 11 is 0. The predicted molar refractivity (Wildman–Crippen MR) is 50.6 cm³/mol. The van der Waals surface area contributed by atoms with Crippen molar-refractivity contribution in [1.29, 1.82) is 0 Å². The van der Waals surface area contributed by atoms with Gasteiger partial charge in [0, 0.05) is 5.41 Å². The SMILES string of the molecule is C1CC2(CCN1)COC2.O=C(O)C(=O)O. The lowest BCUT2D eigenvalue weighted by Gasteiger charge is -2.44. The second-order valence-electron chi connectivity index (χ2n) is 3.85. The van der Waals surface area contributed by atoms with Crippen molar-refractivity contribution in [3.63, 3.8) is 0 Å². The fraction of sp³-hybridized carbons (Fsp3) is 0.778. The molecule has 0 aliphatic carbocycles. The van der Waals surface area contributed by atoms with Gasteiger partial charge in [0.2, 0.25) is 0 Å². The Hall–Kier alpha value is -1.14. The Morgan fingerprint density at radius 2 is 1.53 bits per heavy atom. The molecule has 0 atom stereocenters. The van der Waals surface area contributed by atoms with Gasteiger partial charge in [0.1, 0.15) is 0 Å². The topological polar surface area (TPSA) is 95.9 Å². The number of hydrogen-bond acceptors (Lipinski definition) is 4. The molecule has 0 aromatic heterocycles. The van der Waals surface area contributed by atoms with E-state index in [0.717, 1.165) is 13.2 Å². The van der Waals surface area contributed by atoms with Crippen molar-refractivity contribution in [1.82, 2.24) is 5.32 Å². The molecule has 0 amide bonds. The molecule has 2 aliphatic heterocycles. The number of rotatable bonds is 0. The molecular formula is C9H15NO5. The standard InChI is InChI=1S/C7H13NO.C2H2O4/c1-3-8-4-2-7(1)5-9-6-7;3-1(4)2(5)6/h8H,1-6H2;(H,3,4)(H,5,6). The first kappa shape index (κ1) is 11.9. The third-order valence-electron chi connectivity index (χ3n) is 2.66. The van der Waals surface area contributed by atoms with Gasteiger partial charge in [0.15, 0.2) is 0 Å². The van der Waals surface area contributed by atoms with Crippen LogP contribution >= 0.6 is 0 Å². The molecule has 6 heteroatoms. The Bertz CT molecular complexity index is 229. The third kappa shape index (κ3) is 3.49. The van der Waals surface area contributed by atoms with E-state index in [9.17, 15) is 0 Å². The van der Waals surface area contributed by atoms with Gasteiger partial charge in [-0.3, -0.25) is 0 Å². The molecule has 3 N–H and O–H groups in total. The van der Waals surface area contributed by atoms with E-state index in [1.165, 1.54) is 25.9 Å². The molecule has 2 saturated heterocycles. The van der Waals surface area contributed by atoms with Crippen molar-refractivity contribution < 1.29 is 24.5 Å². The first-order valence-corrected chi connectivity index (χ1v) is 4.80. The van der Waals surface area contributed by atoms with Gasteiger partial charge in [-0.1, -0.05) is 0 Å². The smallest absolute Gasteiger partial charge is 0.414 e. The zero-order valence-electron chi connectivity index (χ0n) is 8.36. The average molecular weight is 217 g/mol. The molecule has 0 saturated carbocycles. The second kappa shape index (κ2) is 5.09. The molecule has 0 aromatic rings. The molecule has 15 heavy (non-hydrogen) atoms. The number of carboxylic acid groups (broad SMARTS) is 2. The van der Waals surface area contributed by atoms with E-state index in [0.29, 0.717) is 5.41 Å². The number of carboxylic acids is 2. The monoisotopic (exact) mass is 217 g/mol. The highest BCUT2D eigenvalue weighted by Crippen LogP contribution is 2.35. The summed E-state index contributed by atoms with van der Waals surface area (Å²) in [7, 11) is 0. The van der Waals surface area contributed by atoms with Gasteiger partial charge in [0.25, 0.3) is 0 Å². The van der Waals surface area contributed by atoms with Crippen molar-refractivity contribution in [3.8, 4) is 0 Å². The van der Waals surface area contributed by atoms with Gasteiger partial charge in [-0.2, -0.15) is 0 Å². The lowest BCUT2D eigenvalue weighted by Crippen LogP contribution is -2.49. The van der Waals surface area contributed by atoms with E-state index in [1.807, 2.05) is 0 Å². The average Bonchev–Trinajstić information content (AvgIpc) is 2.17. The Labute approximate surface area is 87.2 Å². The largest absolute Gasteiger partial charge is 0.473 e. The lowest BCUT2D eigenvalue weighted by molar-refractivity contribution is -0.159. The van der Waals surface area contributed by atoms with Crippen LogP contribution in [0.2, 0.25) is 0 Å². The summed E-state index contributed by atoms with van der Waals surface area (Å²) in [6.07, 6.45) is 2.65. The van der Waals surface area contributed by atoms with Crippen molar-refractivity contribution in [2.24, 2.45) is 5.41 Å². The maximum absolute atomic E-state index is 9.10. The van der Waals surface area contributed by atoms with E-state index >= 15 is 0 Å². The van der Waals surface area contributed by atoms with Crippen LogP contribution in [-0.4, -0.2) is 48.5 Å². The van der Waals surface area contributed by atoms with Crippen LogP contribution in [0.4, 0.5) is 0 Å². The van der Waals surface area contributed by atoms with Crippen LogP contribution < -0.4 is 5.32 Å². The van der Waals surface area contributed by atoms with Gasteiger partial charge in [-0.15, -0.1) is 0 Å². The molecule has 1 spiro atoms. The number of ether oxygens (including phenoxy) is 1. The highest BCUT2D eigenvalue weighted by molar-refractivity contribution is 6.27. The molecular weight excluding hydrogens is 202 g/mol. The van der Waals surface area contributed by atoms with Crippen molar-refractivity contribution in [3.05, 3.63) is 0 Å². The second-order valence-corrected chi connectivity index (χ2v) is 3.85. The number of piperidine rings is 1. The first-order chi connectivity index (χ1) is 7.06. The van der Waals surface area contributed by atoms with Crippen LogP contribution in [0.5, 0.6) is 0 Å². The summed E-state index contributed by atoms with van der Waals surface area (Å²) in [5.41, 5.74) is 0.616. The van der Waals surface area contributed by atoms with E-state index in [1.54, 1.807) is 0 Å². The molecule has 0 unspecified atom stereocenters. The van der Waals surface area contributed by atoms with Gasteiger partial charge < -0.3 is 20.3 Å². The number of nitrogens with one attached hydrogen (secondary N) is 1. The lowest BCUT2D eigenvalue weighted by atomic mass is 9.77. The Kier molecular flexibility index (Phi) is 4.05. The van der Waals surface area contributed by atoms with Crippen LogP contribution in [0.15, 0.2) is 0 Å². The van der Waals surface area contributed by atoms with Crippen LogP contribution in [0.25, 0.3) is 0 Å². The summed E-state index contributed by atoms with van der Waals surface area (Å²) in [5.74, 6) is -3.65. The highest BCUT2D eigenvalue weighted by atomic mass is 16.5. The fourth-order valence-corrected chi connectivity index (χ4v) is 1.64. The molecule has 0 radical (unpaired) electrons. The summed E-state index contributed by atoms with van der Waals surface area (Å²) in [6.45, 7) is 4.44. The van der Waals surface area contributed by atoms with E-state index in [-0.39, 0.29) is 0 Å². The minimum atomic E-state index is -1.82. The van der Waals surface area contributed by atoms with E-state index < -0.39 is 11.9 Å². The van der Waals surface area contributed by atoms with Crippen molar-refractivity contribution in [2.75, 3.05) is 26.3 Å². The Balaban J connectivity index is 0.000000167. The van der Waals surface area contributed by atoms with Gasteiger partial charge in [-0.25, -0.2) is 9.59 Å². The van der Waals surface area contributed by atoms with Gasteiger partial charge in [-0.05, 0) is 25.9 Å². The molecule has 2 aliphatic rings. The number of carbonyl (C=O) groups is 2. The number of aliphatic carboxylic acids is 2. The van der Waals surface area contributed by atoms with Crippen LogP contribution in [-0.2, 0) is 14.3 Å². The normalized spacial score (nSPS) is 22.1. The summed E-state index contributed by atoms with van der Waals surface area (Å²) in [6, 6.07) is 0. The predicted octanol–water partition coefficient (Wildman–Crippen LogP) is -0.458. The molecule has 86 valence electrons. The fourth-order valence-electron chi connectivity index (χ4n) is 1.64. The zero-order valence-corrected chi connectivity index (χ0v) is 8.36. The zero-order chi connectivity index (χ0) is 11.3. The Morgan fingerprint density at radius 1 is 1.07 bits per heavy atom. The highest BCUT2D eigenvalue weighted by Gasteiger charge is 2.38. The molecule has 0 bridgehead atoms. The first-order valence-electron chi connectivity index (χ1n) is 4.80. The molecule has 2 fully saturated rings. The van der Waals surface area contributed by atoms with E-state index in [2.05, 4.69) is 5.32 Å². The minimum absolute atomic E-state index is 0.616. The minimum Gasteiger partial charge on any atom is -0.473 e. The van der Waals surface area contributed by atoms with Crippen molar-refractivity contribution >= 4 is 11.9 Å². The molecule has 2 heterocycles. The Morgan fingerprint density at radius 3 is 1.73 bits per heavy atom. The number of hydrogen-bond donors (Lipinski definition) is 3. The third-order valence-corrected chi connectivity index (χ3v) is 2.66. The summed E-state index contributed by atoms with van der Waals surface area (Å²) in [5, 5.41) is 18.1. The maximum Gasteiger partial charge on any atom is 0.414 e. The summed E-state index contributed by atoms with van der Waals surface area (Å²) in [4.78, 5) is 18.2. The maximum atomic E-state index is 9.10. The molecule has 6 nitrogen and oxygen atoms in total. The summed E-state index contributed by atoms with van der Waals surface area (Å²) < 4.78 is 5.19. The molecule has 0 aromatic carbocycles. The quantitative estimate of drug-likeness (QED) is 0.475. The molecule has 2 rings (SSSR count). The van der Waals surface area contributed by atoms with Gasteiger partial charge in [0.05, 0.1) is 13.2 Å². The van der Waals surface area contributed by atoms with Crippen molar-refractivity contribution in [2.45, 2.75) is 12.8 Å². The van der Waals surface area contributed by atoms with Gasteiger partial charge >= 0.3 is 11.9 Å².